The zero-order valence-electron chi connectivity index (χ0n) is 12.5. The van der Waals surface area contributed by atoms with Crippen molar-refractivity contribution in [1.82, 2.24) is 0 Å². The number of allylic oxidation sites excluding steroid dienone is 2. The van der Waals surface area contributed by atoms with Crippen LogP contribution in [0, 0.1) is 11.8 Å². The van der Waals surface area contributed by atoms with Gasteiger partial charge < -0.3 is 0 Å². The van der Waals surface area contributed by atoms with Crippen LogP contribution in [0.15, 0.2) is 46.2 Å². The molecule has 4 heteroatoms. The Kier molecular flexibility index (Phi) is 3.87. The van der Waals surface area contributed by atoms with Gasteiger partial charge in [-0.1, -0.05) is 12.1 Å². The second-order valence-electron chi connectivity index (χ2n) is 6.14. The van der Waals surface area contributed by atoms with Gasteiger partial charge in [-0.05, 0) is 65.5 Å². The number of hydrogen-bond acceptors (Lipinski definition) is 4. The van der Waals surface area contributed by atoms with Gasteiger partial charge in [0.2, 0.25) is 0 Å². The zero-order chi connectivity index (χ0) is 15.8. The van der Waals surface area contributed by atoms with Gasteiger partial charge in [-0.3, -0.25) is 9.59 Å². The Morgan fingerprint density at radius 1 is 0.826 bits per heavy atom. The van der Waals surface area contributed by atoms with Crippen LogP contribution in [0.2, 0.25) is 0 Å². The van der Waals surface area contributed by atoms with Crippen LogP contribution in [0.25, 0.3) is 12.2 Å². The van der Waals surface area contributed by atoms with E-state index in [2.05, 4.69) is 0 Å². The number of hydrogen-bond donors (Lipinski definition) is 0. The molecule has 4 rings (SSSR count). The summed E-state index contributed by atoms with van der Waals surface area (Å²) >= 11 is 3.25. The maximum Gasteiger partial charge on any atom is 0.162 e. The average molecular weight is 340 g/mol. The molecule has 23 heavy (non-hydrogen) atoms. The fraction of sp³-hybridized carbons (Fsp3) is 0.263. The highest BCUT2D eigenvalue weighted by atomic mass is 32.1. The molecule has 0 N–H and O–H groups in total. The minimum absolute atomic E-state index is 0.0242. The Balaban J connectivity index is 1.63. The fourth-order valence-electron chi connectivity index (χ4n) is 3.52. The Labute approximate surface area is 143 Å². The summed E-state index contributed by atoms with van der Waals surface area (Å²) in [6.45, 7) is 0. The van der Waals surface area contributed by atoms with E-state index >= 15 is 0 Å². The second-order valence-corrected chi connectivity index (χ2v) is 8.09. The first-order chi connectivity index (χ1) is 11.2. The van der Waals surface area contributed by atoms with Crippen molar-refractivity contribution in [3.05, 3.63) is 55.9 Å². The maximum absolute atomic E-state index is 12.7. The van der Waals surface area contributed by atoms with Crippen LogP contribution in [0.5, 0.6) is 0 Å². The van der Waals surface area contributed by atoms with Crippen molar-refractivity contribution in [1.29, 1.82) is 0 Å². The van der Waals surface area contributed by atoms with E-state index in [1.165, 1.54) is 0 Å². The fourth-order valence-corrected chi connectivity index (χ4v) is 4.88. The molecule has 0 aromatic carbocycles. The van der Waals surface area contributed by atoms with Crippen molar-refractivity contribution < 1.29 is 9.59 Å². The third kappa shape index (κ3) is 2.89. The van der Waals surface area contributed by atoms with E-state index in [9.17, 15) is 9.59 Å². The van der Waals surface area contributed by atoms with Gasteiger partial charge in [0.1, 0.15) is 0 Å². The largest absolute Gasteiger partial charge is 0.294 e. The quantitative estimate of drug-likeness (QED) is 0.733. The van der Waals surface area contributed by atoms with Gasteiger partial charge in [-0.2, -0.15) is 0 Å². The smallest absolute Gasteiger partial charge is 0.162 e. The van der Waals surface area contributed by atoms with E-state index in [1.807, 2.05) is 47.2 Å². The summed E-state index contributed by atoms with van der Waals surface area (Å²) in [7, 11) is 0. The minimum atomic E-state index is -0.0242. The summed E-state index contributed by atoms with van der Waals surface area (Å²) in [5.74, 6) is 0.422. The van der Waals surface area contributed by atoms with Crippen LogP contribution in [0.3, 0.4) is 0 Å². The van der Waals surface area contributed by atoms with Crippen molar-refractivity contribution in [2.45, 2.75) is 19.3 Å². The van der Waals surface area contributed by atoms with Gasteiger partial charge in [0.25, 0.3) is 0 Å². The number of carbonyl (C=O) groups is 2. The molecule has 2 bridgehead atoms. The molecular formula is C19H16O2S2. The molecule has 2 aliphatic carbocycles. The Bertz CT molecular complexity index is 726. The number of rotatable bonds is 2. The molecular weight excluding hydrogens is 324 g/mol. The van der Waals surface area contributed by atoms with Gasteiger partial charge in [-0.15, -0.1) is 22.7 Å². The number of thiophene rings is 2. The van der Waals surface area contributed by atoms with Crippen molar-refractivity contribution >= 4 is 46.4 Å². The summed E-state index contributed by atoms with van der Waals surface area (Å²) in [6.07, 6.45) is 5.86. The molecule has 116 valence electrons. The van der Waals surface area contributed by atoms with Crippen LogP contribution >= 0.6 is 22.7 Å². The van der Waals surface area contributed by atoms with Gasteiger partial charge >= 0.3 is 0 Å². The van der Waals surface area contributed by atoms with Crippen LogP contribution in [0.4, 0.5) is 0 Å². The molecule has 2 atom stereocenters. The lowest BCUT2D eigenvalue weighted by molar-refractivity contribution is -0.127. The van der Waals surface area contributed by atoms with Crippen molar-refractivity contribution in [2.75, 3.05) is 0 Å². The predicted octanol–water partition coefficient (Wildman–Crippen LogP) is 4.84. The summed E-state index contributed by atoms with van der Waals surface area (Å²) in [4.78, 5) is 27.6. The van der Waals surface area contributed by atoms with Gasteiger partial charge in [0.05, 0.1) is 0 Å². The lowest BCUT2D eigenvalue weighted by Gasteiger charge is -2.35. The predicted molar refractivity (Wildman–Crippen MR) is 95.4 cm³/mol. The van der Waals surface area contributed by atoms with E-state index in [0.717, 1.165) is 27.3 Å². The average Bonchev–Trinajstić information content (AvgIpc) is 3.22. The molecule has 2 saturated carbocycles. The van der Waals surface area contributed by atoms with Crippen LogP contribution in [-0.4, -0.2) is 11.6 Å². The third-order valence-electron chi connectivity index (χ3n) is 4.60. The highest BCUT2D eigenvalue weighted by Crippen LogP contribution is 2.42. The van der Waals surface area contributed by atoms with Crippen LogP contribution in [0.1, 0.15) is 29.0 Å². The summed E-state index contributed by atoms with van der Waals surface area (Å²) in [6, 6.07) is 8.00. The summed E-state index contributed by atoms with van der Waals surface area (Å²) in [5, 5.41) is 4.01. The van der Waals surface area contributed by atoms with E-state index in [4.69, 9.17) is 0 Å². The molecule has 2 nitrogen and oxygen atoms in total. The second kappa shape index (κ2) is 6.02. The zero-order valence-corrected chi connectivity index (χ0v) is 14.2. The molecule has 2 heterocycles. The molecule has 0 unspecified atom stereocenters. The molecule has 0 amide bonds. The molecule has 2 fully saturated rings. The molecule has 0 radical (unpaired) electrons. The Hall–Kier alpha value is -1.78. The van der Waals surface area contributed by atoms with E-state index < -0.39 is 0 Å². The lowest BCUT2D eigenvalue weighted by Crippen LogP contribution is -2.37. The molecule has 2 aliphatic rings. The minimum Gasteiger partial charge on any atom is -0.294 e. The highest BCUT2D eigenvalue weighted by molar-refractivity contribution is 7.11. The van der Waals surface area contributed by atoms with Crippen molar-refractivity contribution in [3.63, 3.8) is 0 Å². The Morgan fingerprint density at radius 3 is 1.70 bits per heavy atom. The van der Waals surface area contributed by atoms with Crippen molar-refractivity contribution in [3.8, 4) is 0 Å². The first-order valence-electron chi connectivity index (χ1n) is 7.77. The molecule has 2 aromatic rings. The van der Waals surface area contributed by atoms with Gasteiger partial charge in [0, 0.05) is 21.6 Å². The van der Waals surface area contributed by atoms with Crippen LogP contribution < -0.4 is 0 Å². The summed E-state index contributed by atoms with van der Waals surface area (Å²) < 4.78 is 0. The monoisotopic (exact) mass is 340 g/mol. The highest BCUT2D eigenvalue weighted by Gasteiger charge is 2.41. The van der Waals surface area contributed by atoms with E-state index in [0.29, 0.717) is 12.8 Å². The molecule has 0 aliphatic heterocycles. The lowest BCUT2D eigenvalue weighted by atomic mass is 9.67. The maximum atomic E-state index is 12.7. The third-order valence-corrected chi connectivity index (χ3v) is 6.23. The summed E-state index contributed by atoms with van der Waals surface area (Å²) in [5.41, 5.74) is 1.66. The standard InChI is InChI=1S/C19H16O2S2/c20-18-13-7-12(8-14(18)10-16-3-1-5-22-16)19(21)15(9-13)11-17-4-2-6-23-17/h1-6,10-13H,7-9H2/b14-10-,15-11?/t12-,13-/m1/s1. The normalized spacial score (nSPS) is 27.8. The number of carbonyl (C=O) groups excluding carboxylic acids is 2. The first kappa shape index (κ1) is 14.8. The molecule has 2 aromatic heterocycles. The van der Waals surface area contributed by atoms with Gasteiger partial charge in [0.15, 0.2) is 11.6 Å². The SMILES string of the molecule is O=C1C(=Cc2cccs2)C[C@H]2C[C@@H]1C/C(=C/c1cccs1)C2=O. The van der Waals surface area contributed by atoms with E-state index in [1.54, 1.807) is 22.7 Å². The van der Waals surface area contributed by atoms with E-state index in [-0.39, 0.29) is 23.4 Å². The molecule has 0 saturated heterocycles. The number of fused-ring (bicyclic) bond motifs is 2. The Morgan fingerprint density at radius 2 is 1.30 bits per heavy atom. The van der Waals surface area contributed by atoms with Crippen LogP contribution in [-0.2, 0) is 9.59 Å². The first-order valence-corrected chi connectivity index (χ1v) is 9.53. The van der Waals surface area contributed by atoms with Crippen molar-refractivity contribution in [2.24, 2.45) is 11.8 Å². The molecule has 0 spiro atoms. The van der Waals surface area contributed by atoms with Gasteiger partial charge in [-0.25, -0.2) is 0 Å². The number of Topliss-reactive ketones (excluding diaryl/α,β-unsaturated/α-hetero) is 2. The topological polar surface area (TPSA) is 34.1 Å². The number of ketones is 2.